The lowest BCUT2D eigenvalue weighted by molar-refractivity contribution is 0.567. The van der Waals surface area contributed by atoms with Gasteiger partial charge in [0, 0.05) is 23.2 Å². The second kappa shape index (κ2) is 4.42. The number of benzene rings is 1. The molecule has 0 radical (unpaired) electrons. The van der Waals surface area contributed by atoms with Gasteiger partial charge in [0.15, 0.2) is 0 Å². The summed E-state index contributed by atoms with van der Waals surface area (Å²) in [7, 11) is 0. The molecule has 4 rings (SSSR count). The topological polar surface area (TPSA) is 37.2 Å². The van der Waals surface area contributed by atoms with Gasteiger partial charge >= 0.3 is 0 Å². The Labute approximate surface area is 113 Å². The number of furan rings is 1. The minimum Gasteiger partial charge on any atom is -0.472 e. The fourth-order valence-corrected chi connectivity index (χ4v) is 3.52. The zero-order valence-corrected chi connectivity index (χ0v) is 10.9. The Balaban J connectivity index is 1.83. The number of rotatable bonds is 1. The second-order valence-corrected chi connectivity index (χ2v) is 5.46. The molecule has 0 spiro atoms. The highest BCUT2D eigenvalue weighted by Gasteiger charge is 2.34. The molecule has 2 N–H and O–H groups in total. The fraction of sp³-hybridized carbons (Fsp3) is 0.375. The number of nitrogens with one attached hydrogen (secondary N) is 2. The van der Waals surface area contributed by atoms with Gasteiger partial charge in [-0.1, -0.05) is 12.1 Å². The molecule has 0 aliphatic carbocycles. The summed E-state index contributed by atoms with van der Waals surface area (Å²) in [6, 6.07) is 9.20. The van der Waals surface area contributed by atoms with Crippen LogP contribution in [0.1, 0.15) is 24.3 Å². The summed E-state index contributed by atoms with van der Waals surface area (Å²) in [5.74, 6) is 0.621. The van der Waals surface area contributed by atoms with Crippen LogP contribution in [-0.2, 0) is 0 Å². The molecule has 2 atom stereocenters. The molecular weight excluding hydrogens is 236 g/mol. The van der Waals surface area contributed by atoms with Gasteiger partial charge in [-0.2, -0.15) is 0 Å². The van der Waals surface area contributed by atoms with Gasteiger partial charge in [-0.05, 0) is 49.2 Å². The Kier molecular flexibility index (Phi) is 2.59. The Morgan fingerprint density at radius 3 is 2.95 bits per heavy atom. The predicted octanol–water partition coefficient (Wildman–Crippen LogP) is 3.21. The fourth-order valence-electron chi connectivity index (χ4n) is 3.52. The van der Waals surface area contributed by atoms with Crippen molar-refractivity contribution in [3.05, 3.63) is 42.4 Å². The molecule has 2 aliphatic heterocycles. The highest BCUT2D eigenvalue weighted by molar-refractivity contribution is 5.77. The first kappa shape index (κ1) is 11.1. The van der Waals surface area contributed by atoms with E-state index in [4.69, 9.17) is 4.42 Å². The molecule has 1 aromatic heterocycles. The highest BCUT2D eigenvalue weighted by Crippen LogP contribution is 2.45. The normalized spacial score (nSPS) is 25.3. The van der Waals surface area contributed by atoms with Gasteiger partial charge in [0.25, 0.3) is 0 Å². The average molecular weight is 254 g/mol. The summed E-state index contributed by atoms with van der Waals surface area (Å²) < 4.78 is 5.26. The first-order valence-corrected chi connectivity index (χ1v) is 7.06. The lowest BCUT2D eigenvalue weighted by Gasteiger charge is -2.17. The minimum absolute atomic E-state index is 0.582. The van der Waals surface area contributed by atoms with Crippen molar-refractivity contribution in [3.63, 3.8) is 0 Å². The number of hydrogen-bond acceptors (Lipinski definition) is 3. The molecule has 3 nitrogen and oxygen atoms in total. The molecular formula is C16H18N2O. The Morgan fingerprint density at radius 1 is 1.11 bits per heavy atom. The SMILES string of the molecule is c1cc2c(c(-c3ccoc3)c1)[C@@H]1CCNCC[C@@H]1N2. The predicted molar refractivity (Wildman–Crippen MR) is 76.4 cm³/mol. The number of anilines is 1. The molecule has 3 heteroatoms. The van der Waals surface area contributed by atoms with Gasteiger partial charge in [0.2, 0.25) is 0 Å². The van der Waals surface area contributed by atoms with Crippen LogP contribution in [0.2, 0.25) is 0 Å². The van der Waals surface area contributed by atoms with Crippen LogP contribution in [0.5, 0.6) is 0 Å². The van der Waals surface area contributed by atoms with Gasteiger partial charge < -0.3 is 15.1 Å². The molecule has 0 bridgehead atoms. The molecule has 19 heavy (non-hydrogen) atoms. The molecule has 0 saturated carbocycles. The first-order chi connectivity index (χ1) is 9.43. The van der Waals surface area contributed by atoms with Crippen molar-refractivity contribution in [2.45, 2.75) is 24.8 Å². The average Bonchev–Trinajstić information content (AvgIpc) is 3.02. The van der Waals surface area contributed by atoms with E-state index in [1.807, 2.05) is 6.26 Å². The summed E-state index contributed by atoms with van der Waals surface area (Å²) in [5.41, 5.74) is 5.32. The van der Waals surface area contributed by atoms with E-state index in [0.29, 0.717) is 12.0 Å². The number of fused-ring (bicyclic) bond motifs is 3. The second-order valence-electron chi connectivity index (χ2n) is 5.46. The summed E-state index contributed by atoms with van der Waals surface area (Å²) in [6.07, 6.45) is 6.00. The largest absolute Gasteiger partial charge is 0.472 e. The molecule has 1 saturated heterocycles. The van der Waals surface area contributed by atoms with Crippen molar-refractivity contribution in [2.24, 2.45) is 0 Å². The zero-order chi connectivity index (χ0) is 12.7. The van der Waals surface area contributed by atoms with Crippen LogP contribution in [0.3, 0.4) is 0 Å². The van der Waals surface area contributed by atoms with Crippen LogP contribution < -0.4 is 10.6 Å². The maximum absolute atomic E-state index is 5.26. The molecule has 0 amide bonds. The van der Waals surface area contributed by atoms with Gasteiger partial charge in [-0.3, -0.25) is 0 Å². The van der Waals surface area contributed by atoms with Gasteiger partial charge in [0.05, 0.1) is 12.5 Å². The smallest absolute Gasteiger partial charge is 0.0981 e. The van der Waals surface area contributed by atoms with Crippen molar-refractivity contribution in [3.8, 4) is 11.1 Å². The van der Waals surface area contributed by atoms with E-state index < -0.39 is 0 Å². The third kappa shape index (κ3) is 1.77. The van der Waals surface area contributed by atoms with E-state index in [0.717, 1.165) is 13.1 Å². The quantitative estimate of drug-likeness (QED) is 0.820. The summed E-state index contributed by atoms with van der Waals surface area (Å²) in [5, 5.41) is 7.21. The maximum Gasteiger partial charge on any atom is 0.0981 e. The van der Waals surface area contributed by atoms with Crippen molar-refractivity contribution in [2.75, 3.05) is 18.4 Å². The minimum atomic E-state index is 0.582. The van der Waals surface area contributed by atoms with E-state index in [9.17, 15) is 0 Å². The molecule has 98 valence electrons. The van der Waals surface area contributed by atoms with Crippen LogP contribution in [-0.4, -0.2) is 19.1 Å². The van der Waals surface area contributed by atoms with Crippen molar-refractivity contribution < 1.29 is 4.42 Å². The van der Waals surface area contributed by atoms with Crippen molar-refractivity contribution in [1.29, 1.82) is 0 Å². The van der Waals surface area contributed by atoms with Crippen LogP contribution in [0.25, 0.3) is 11.1 Å². The Morgan fingerprint density at radius 2 is 2.05 bits per heavy atom. The van der Waals surface area contributed by atoms with Gasteiger partial charge in [-0.15, -0.1) is 0 Å². The standard InChI is InChI=1S/C16H18N2O/c1-2-12(11-6-9-19-10-11)16-13-4-7-17-8-5-14(13)18-15(16)3-1/h1-3,6,9-10,13-14,17-18H,4-5,7-8H2/t13-,14+/m1/s1. The third-order valence-corrected chi connectivity index (χ3v) is 4.40. The molecule has 1 fully saturated rings. The van der Waals surface area contributed by atoms with Gasteiger partial charge in [-0.25, -0.2) is 0 Å². The van der Waals surface area contributed by atoms with Gasteiger partial charge in [0.1, 0.15) is 0 Å². The highest BCUT2D eigenvalue weighted by atomic mass is 16.3. The Bertz CT molecular complexity index is 576. The third-order valence-electron chi connectivity index (χ3n) is 4.40. The monoisotopic (exact) mass is 254 g/mol. The summed E-state index contributed by atoms with van der Waals surface area (Å²) in [4.78, 5) is 0. The van der Waals surface area contributed by atoms with Crippen molar-refractivity contribution >= 4 is 5.69 Å². The Hall–Kier alpha value is -1.74. The van der Waals surface area contributed by atoms with E-state index in [-0.39, 0.29) is 0 Å². The van der Waals surface area contributed by atoms with Crippen LogP contribution >= 0.6 is 0 Å². The maximum atomic E-state index is 5.26. The van der Waals surface area contributed by atoms with E-state index in [1.54, 1.807) is 6.26 Å². The summed E-state index contributed by atoms with van der Waals surface area (Å²) in [6.45, 7) is 2.23. The lowest BCUT2D eigenvalue weighted by atomic mass is 9.86. The first-order valence-electron chi connectivity index (χ1n) is 7.06. The van der Waals surface area contributed by atoms with Crippen LogP contribution in [0, 0.1) is 0 Å². The molecule has 0 unspecified atom stereocenters. The van der Waals surface area contributed by atoms with E-state index in [1.165, 1.54) is 35.2 Å². The van der Waals surface area contributed by atoms with Crippen molar-refractivity contribution in [1.82, 2.24) is 5.32 Å². The van der Waals surface area contributed by atoms with E-state index >= 15 is 0 Å². The molecule has 3 heterocycles. The van der Waals surface area contributed by atoms with E-state index in [2.05, 4.69) is 34.9 Å². The molecule has 2 aromatic rings. The van der Waals surface area contributed by atoms with Crippen LogP contribution in [0.15, 0.2) is 41.2 Å². The number of hydrogen-bond donors (Lipinski definition) is 2. The molecule has 2 aliphatic rings. The van der Waals surface area contributed by atoms with Crippen LogP contribution in [0.4, 0.5) is 5.69 Å². The molecule has 1 aromatic carbocycles. The zero-order valence-electron chi connectivity index (χ0n) is 10.9. The lowest BCUT2D eigenvalue weighted by Crippen LogP contribution is -2.21. The summed E-state index contributed by atoms with van der Waals surface area (Å²) >= 11 is 0.